The Morgan fingerprint density at radius 3 is 2.70 bits per heavy atom. The average molecular weight is 403 g/mol. The van der Waals surface area contributed by atoms with Gasteiger partial charge < -0.3 is 10.4 Å². The molecule has 0 amide bonds. The van der Waals surface area contributed by atoms with Gasteiger partial charge in [-0.25, -0.2) is 0 Å². The highest BCUT2D eigenvalue weighted by Gasteiger charge is 2.50. The van der Waals surface area contributed by atoms with Crippen molar-refractivity contribution in [3.05, 3.63) is 32.7 Å². The molecule has 0 heterocycles. The Labute approximate surface area is 135 Å². The fourth-order valence-electron chi connectivity index (χ4n) is 3.83. The second-order valence-corrected chi connectivity index (χ2v) is 7.56. The van der Waals surface area contributed by atoms with Crippen LogP contribution in [0.2, 0.25) is 0 Å². The number of aliphatic carboxylic acids is 1. The summed E-state index contributed by atoms with van der Waals surface area (Å²) in [5, 5.41) is 12.9. The van der Waals surface area contributed by atoms with Crippen LogP contribution < -0.4 is 5.32 Å². The Kier molecular flexibility index (Phi) is 4.20. The number of fused-ring (bicyclic) bond motifs is 2. The van der Waals surface area contributed by atoms with Gasteiger partial charge in [-0.05, 0) is 80.7 Å². The van der Waals surface area contributed by atoms with Gasteiger partial charge >= 0.3 is 5.97 Å². The lowest BCUT2D eigenvalue weighted by Gasteiger charge is -2.29. The van der Waals surface area contributed by atoms with Gasteiger partial charge in [0, 0.05) is 21.5 Å². The Morgan fingerprint density at radius 1 is 1.25 bits per heavy atom. The van der Waals surface area contributed by atoms with Gasteiger partial charge in [0.05, 0.1) is 5.92 Å². The zero-order chi connectivity index (χ0) is 14.3. The SMILES string of the molecule is O=C(O)C1C2CCC(C2)C1NCc1ccc(Br)c(Br)c1. The summed E-state index contributed by atoms with van der Waals surface area (Å²) in [5.74, 6) is 0.0889. The number of carboxylic acids is 1. The van der Waals surface area contributed by atoms with Crippen molar-refractivity contribution in [2.45, 2.75) is 31.8 Å². The standard InChI is InChI=1S/C15H17Br2NO2/c16-11-4-1-8(5-12(11)17)7-18-14-10-3-2-9(6-10)13(14)15(19)20/h1,4-5,9-10,13-14,18H,2-3,6-7H2,(H,19,20). The zero-order valence-electron chi connectivity index (χ0n) is 11.0. The summed E-state index contributed by atoms with van der Waals surface area (Å²) in [5.41, 5.74) is 1.17. The fourth-order valence-corrected chi connectivity index (χ4v) is 4.50. The van der Waals surface area contributed by atoms with Gasteiger partial charge in [0.25, 0.3) is 0 Å². The third-order valence-corrected chi connectivity index (χ3v) is 6.61. The Bertz CT molecular complexity index is 535. The maximum atomic E-state index is 11.5. The normalized spacial score (nSPS) is 31.7. The van der Waals surface area contributed by atoms with E-state index >= 15 is 0 Å². The van der Waals surface area contributed by atoms with Crippen LogP contribution in [0.4, 0.5) is 0 Å². The minimum Gasteiger partial charge on any atom is -0.481 e. The molecule has 0 spiro atoms. The number of halogens is 2. The molecule has 5 heteroatoms. The first-order valence-corrected chi connectivity index (χ1v) is 8.55. The van der Waals surface area contributed by atoms with Gasteiger partial charge in [0.2, 0.25) is 0 Å². The van der Waals surface area contributed by atoms with Gasteiger partial charge in [-0.1, -0.05) is 6.07 Å². The van der Waals surface area contributed by atoms with Crippen molar-refractivity contribution in [3.63, 3.8) is 0 Å². The molecule has 20 heavy (non-hydrogen) atoms. The van der Waals surface area contributed by atoms with Gasteiger partial charge in [-0.3, -0.25) is 4.79 Å². The number of nitrogens with one attached hydrogen (secondary N) is 1. The second-order valence-electron chi connectivity index (χ2n) is 5.85. The van der Waals surface area contributed by atoms with Gasteiger partial charge in [0.1, 0.15) is 0 Å². The van der Waals surface area contributed by atoms with Crippen LogP contribution >= 0.6 is 31.9 Å². The van der Waals surface area contributed by atoms with Crippen molar-refractivity contribution in [2.75, 3.05) is 0 Å². The Balaban J connectivity index is 1.68. The molecule has 2 N–H and O–H groups in total. The van der Waals surface area contributed by atoms with E-state index in [2.05, 4.69) is 49.3 Å². The lowest BCUT2D eigenvalue weighted by atomic mass is 9.84. The summed E-state index contributed by atoms with van der Waals surface area (Å²) in [6.07, 6.45) is 3.35. The topological polar surface area (TPSA) is 49.3 Å². The molecule has 0 aliphatic heterocycles. The van der Waals surface area contributed by atoms with Gasteiger partial charge in [-0.2, -0.15) is 0 Å². The van der Waals surface area contributed by atoms with Crippen LogP contribution in [-0.4, -0.2) is 17.1 Å². The van der Waals surface area contributed by atoms with Crippen molar-refractivity contribution in [1.82, 2.24) is 5.32 Å². The molecule has 1 aromatic rings. The predicted octanol–water partition coefficient (Wildman–Crippen LogP) is 3.80. The molecule has 2 bridgehead atoms. The number of rotatable bonds is 4. The van der Waals surface area contributed by atoms with Crippen molar-refractivity contribution in [3.8, 4) is 0 Å². The highest BCUT2D eigenvalue weighted by molar-refractivity contribution is 9.13. The monoisotopic (exact) mass is 401 g/mol. The minimum absolute atomic E-state index is 0.133. The molecule has 2 saturated carbocycles. The van der Waals surface area contributed by atoms with E-state index in [0.29, 0.717) is 11.8 Å². The summed E-state index contributed by atoms with van der Waals surface area (Å²) in [6, 6.07) is 6.27. The second kappa shape index (κ2) is 5.78. The summed E-state index contributed by atoms with van der Waals surface area (Å²) < 4.78 is 2.06. The highest BCUT2D eigenvalue weighted by atomic mass is 79.9. The number of hydrogen-bond acceptors (Lipinski definition) is 2. The molecule has 3 nitrogen and oxygen atoms in total. The zero-order valence-corrected chi connectivity index (χ0v) is 14.2. The summed E-state index contributed by atoms with van der Waals surface area (Å²) in [7, 11) is 0. The number of hydrogen-bond donors (Lipinski definition) is 2. The molecular formula is C15H17Br2NO2. The third-order valence-electron chi connectivity index (χ3n) is 4.73. The largest absolute Gasteiger partial charge is 0.481 e. The first-order chi connectivity index (χ1) is 9.56. The third kappa shape index (κ3) is 2.68. The molecule has 4 atom stereocenters. The van der Waals surface area contributed by atoms with E-state index in [-0.39, 0.29) is 12.0 Å². The first-order valence-electron chi connectivity index (χ1n) is 6.96. The maximum absolute atomic E-state index is 11.5. The molecular weight excluding hydrogens is 386 g/mol. The van der Waals surface area contributed by atoms with Gasteiger partial charge in [0.15, 0.2) is 0 Å². The molecule has 0 radical (unpaired) electrons. The van der Waals surface area contributed by atoms with Crippen LogP contribution in [0.1, 0.15) is 24.8 Å². The van der Waals surface area contributed by atoms with E-state index < -0.39 is 5.97 Å². The minimum atomic E-state index is -0.633. The highest BCUT2D eigenvalue weighted by Crippen LogP contribution is 2.48. The van der Waals surface area contributed by atoms with Crippen LogP contribution in [-0.2, 0) is 11.3 Å². The molecule has 1 aromatic carbocycles. The van der Waals surface area contributed by atoms with Crippen molar-refractivity contribution in [1.29, 1.82) is 0 Å². The van der Waals surface area contributed by atoms with Crippen LogP contribution in [0.25, 0.3) is 0 Å². The van der Waals surface area contributed by atoms with Crippen LogP contribution in [0, 0.1) is 17.8 Å². The maximum Gasteiger partial charge on any atom is 0.308 e. The van der Waals surface area contributed by atoms with Crippen molar-refractivity contribution in [2.24, 2.45) is 17.8 Å². The first kappa shape index (κ1) is 14.5. The Morgan fingerprint density at radius 2 is 2.00 bits per heavy atom. The van der Waals surface area contributed by atoms with Crippen LogP contribution in [0.15, 0.2) is 27.1 Å². The Hall–Kier alpha value is -0.390. The van der Waals surface area contributed by atoms with E-state index in [1.165, 1.54) is 12.0 Å². The van der Waals surface area contributed by atoms with Crippen LogP contribution in [0.5, 0.6) is 0 Å². The number of carboxylic acid groups (broad SMARTS) is 1. The molecule has 2 fully saturated rings. The van der Waals surface area contributed by atoms with E-state index in [9.17, 15) is 9.90 Å². The van der Waals surface area contributed by atoms with E-state index in [4.69, 9.17) is 0 Å². The molecule has 4 unspecified atom stereocenters. The predicted molar refractivity (Wildman–Crippen MR) is 84.4 cm³/mol. The average Bonchev–Trinajstić information content (AvgIpc) is 3.00. The summed E-state index contributed by atoms with van der Waals surface area (Å²) in [4.78, 5) is 11.5. The summed E-state index contributed by atoms with van der Waals surface area (Å²) in [6.45, 7) is 0.726. The van der Waals surface area contributed by atoms with E-state index in [0.717, 1.165) is 28.3 Å². The molecule has 2 aliphatic carbocycles. The summed E-state index contributed by atoms with van der Waals surface area (Å²) >= 11 is 6.96. The molecule has 2 aliphatic rings. The van der Waals surface area contributed by atoms with Crippen molar-refractivity contribution < 1.29 is 9.90 Å². The quantitative estimate of drug-likeness (QED) is 0.805. The molecule has 0 aromatic heterocycles. The van der Waals surface area contributed by atoms with Gasteiger partial charge in [-0.15, -0.1) is 0 Å². The molecule has 108 valence electrons. The van der Waals surface area contributed by atoms with Crippen molar-refractivity contribution >= 4 is 37.8 Å². The lowest BCUT2D eigenvalue weighted by Crippen LogP contribution is -2.43. The molecule has 3 rings (SSSR count). The fraction of sp³-hybridized carbons (Fsp3) is 0.533. The number of carbonyl (C=O) groups is 1. The van der Waals surface area contributed by atoms with E-state index in [1.807, 2.05) is 6.07 Å². The molecule has 0 saturated heterocycles. The lowest BCUT2D eigenvalue weighted by molar-refractivity contribution is -0.144. The van der Waals surface area contributed by atoms with E-state index in [1.54, 1.807) is 0 Å². The van der Waals surface area contributed by atoms with Crippen LogP contribution in [0.3, 0.4) is 0 Å². The number of benzene rings is 1. The smallest absolute Gasteiger partial charge is 0.308 e.